The lowest BCUT2D eigenvalue weighted by Crippen LogP contribution is -2.12. The number of ether oxygens (including phenoxy) is 1. The van der Waals surface area contributed by atoms with Crippen molar-refractivity contribution in [1.29, 1.82) is 0 Å². The van der Waals surface area contributed by atoms with Crippen LogP contribution in [0.2, 0.25) is 0 Å². The number of aromatic amines is 1. The zero-order valence-electron chi connectivity index (χ0n) is 13.4. The summed E-state index contributed by atoms with van der Waals surface area (Å²) in [4.78, 5) is 30.7. The molecular formula is C17H21N3O3. The SMILES string of the molecule is CCc1cc(=O)[nH]c(-c2cccc(NC(=O)CCCOC)c2)n1. The number of rotatable bonds is 7. The molecule has 2 N–H and O–H groups in total. The van der Waals surface area contributed by atoms with Gasteiger partial charge in [-0.1, -0.05) is 19.1 Å². The summed E-state index contributed by atoms with van der Waals surface area (Å²) < 4.78 is 4.93. The van der Waals surface area contributed by atoms with E-state index in [-0.39, 0.29) is 11.5 Å². The Balaban J connectivity index is 2.15. The van der Waals surface area contributed by atoms with Crippen LogP contribution in [0.3, 0.4) is 0 Å². The molecule has 1 aromatic heterocycles. The first kappa shape index (κ1) is 16.9. The third kappa shape index (κ3) is 5.03. The normalized spacial score (nSPS) is 10.5. The molecular weight excluding hydrogens is 294 g/mol. The van der Waals surface area contributed by atoms with Crippen LogP contribution in [0.5, 0.6) is 0 Å². The Bertz CT molecular complexity index is 725. The molecule has 2 rings (SSSR count). The van der Waals surface area contributed by atoms with Gasteiger partial charge in [0.15, 0.2) is 0 Å². The topological polar surface area (TPSA) is 84.1 Å². The van der Waals surface area contributed by atoms with E-state index in [4.69, 9.17) is 4.74 Å². The zero-order chi connectivity index (χ0) is 16.7. The Morgan fingerprint density at radius 3 is 2.91 bits per heavy atom. The molecule has 0 saturated heterocycles. The van der Waals surface area contributed by atoms with Gasteiger partial charge in [-0.2, -0.15) is 0 Å². The number of nitrogens with zero attached hydrogens (tertiary/aromatic N) is 1. The molecule has 0 saturated carbocycles. The largest absolute Gasteiger partial charge is 0.385 e. The van der Waals surface area contributed by atoms with Crippen LogP contribution in [0, 0.1) is 0 Å². The molecule has 23 heavy (non-hydrogen) atoms. The summed E-state index contributed by atoms with van der Waals surface area (Å²) in [6.07, 6.45) is 1.76. The standard InChI is InChI=1S/C17H21N3O3/c1-3-13-11-16(22)20-17(19-13)12-6-4-7-14(10-12)18-15(21)8-5-9-23-2/h4,6-7,10-11H,3,5,8-9H2,1-2H3,(H,18,21)(H,19,20,22). The second-order valence-electron chi connectivity index (χ2n) is 5.16. The minimum atomic E-state index is -0.180. The fraction of sp³-hybridized carbons (Fsp3) is 0.353. The van der Waals surface area contributed by atoms with Crippen LogP contribution >= 0.6 is 0 Å². The molecule has 0 bridgehead atoms. The Labute approximate surface area is 134 Å². The van der Waals surface area contributed by atoms with Crippen molar-refractivity contribution >= 4 is 11.6 Å². The third-order valence-corrected chi connectivity index (χ3v) is 3.33. The predicted octanol–water partition coefficient (Wildman–Crippen LogP) is 2.36. The summed E-state index contributed by atoms with van der Waals surface area (Å²) in [5, 5.41) is 2.84. The number of benzene rings is 1. The molecule has 1 aromatic carbocycles. The van der Waals surface area contributed by atoms with Crippen LogP contribution in [-0.2, 0) is 16.0 Å². The summed E-state index contributed by atoms with van der Waals surface area (Å²) in [6, 6.07) is 8.76. The number of anilines is 1. The van der Waals surface area contributed by atoms with Crippen LogP contribution in [-0.4, -0.2) is 29.6 Å². The highest BCUT2D eigenvalue weighted by molar-refractivity contribution is 5.91. The maximum absolute atomic E-state index is 11.8. The van der Waals surface area contributed by atoms with E-state index in [1.807, 2.05) is 19.1 Å². The van der Waals surface area contributed by atoms with Crippen molar-refractivity contribution in [3.05, 3.63) is 46.4 Å². The molecule has 0 radical (unpaired) electrons. The van der Waals surface area contributed by atoms with E-state index in [0.29, 0.717) is 37.4 Å². The van der Waals surface area contributed by atoms with E-state index in [1.165, 1.54) is 6.07 Å². The van der Waals surface area contributed by atoms with Crippen molar-refractivity contribution in [2.45, 2.75) is 26.2 Å². The second kappa shape index (κ2) is 8.24. The molecule has 0 atom stereocenters. The van der Waals surface area contributed by atoms with Gasteiger partial charge in [0.1, 0.15) is 5.82 Å². The smallest absolute Gasteiger partial charge is 0.251 e. The summed E-state index contributed by atoms with van der Waals surface area (Å²) >= 11 is 0. The van der Waals surface area contributed by atoms with Gasteiger partial charge in [0.05, 0.1) is 0 Å². The Kier molecular flexibility index (Phi) is 6.05. The van der Waals surface area contributed by atoms with Crippen molar-refractivity contribution in [3.8, 4) is 11.4 Å². The molecule has 0 spiro atoms. The van der Waals surface area contributed by atoms with Gasteiger partial charge < -0.3 is 15.0 Å². The predicted molar refractivity (Wildman–Crippen MR) is 89.4 cm³/mol. The average molecular weight is 315 g/mol. The van der Waals surface area contributed by atoms with Crippen molar-refractivity contribution in [2.75, 3.05) is 19.0 Å². The summed E-state index contributed by atoms with van der Waals surface area (Å²) in [7, 11) is 1.61. The molecule has 0 aliphatic carbocycles. The summed E-state index contributed by atoms with van der Waals surface area (Å²) in [6.45, 7) is 2.50. The van der Waals surface area contributed by atoms with Crippen LogP contribution in [0.15, 0.2) is 35.1 Å². The fourth-order valence-corrected chi connectivity index (χ4v) is 2.17. The molecule has 6 heteroatoms. The maximum Gasteiger partial charge on any atom is 0.251 e. The maximum atomic E-state index is 11.8. The number of hydrogen-bond donors (Lipinski definition) is 2. The zero-order valence-corrected chi connectivity index (χ0v) is 13.4. The van der Waals surface area contributed by atoms with Crippen molar-refractivity contribution in [3.63, 3.8) is 0 Å². The Morgan fingerprint density at radius 2 is 2.17 bits per heavy atom. The molecule has 0 aliphatic rings. The summed E-state index contributed by atoms with van der Waals surface area (Å²) in [5.74, 6) is 0.438. The van der Waals surface area contributed by atoms with E-state index in [0.717, 1.165) is 11.3 Å². The van der Waals surface area contributed by atoms with Gasteiger partial charge in [-0.15, -0.1) is 0 Å². The van der Waals surface area contributed by atoms with Crippen molar-refractivity contribution in [2.24, 2.45) is 0 Å². The highest BCUT2D eigenvalue weighted by Gasteiger charge is 2.06. The molecule has 6 nitrogen and oxygen atoms in total. The van der Waals surface area contributed by atoms with E-state index >= 15 is 0 Å². The van der Waals surface area contributed by atoms with Gasteiger partial charge >= 0.3 is 0 Å². The molecule has 2 aromatic rings. The number of aryl methyl sites for hydroxylation is 1. The van der Waals surface area contributed by atoms with Gasteiger partial charge in [-0.3, -0.25) is 9.59 Å². The quantitative estimate of drug-likeness (QED) is 0.768. The van der Waals surface area contributed by atoms with Crippen LogP contribution in [0.25, 0.3) is 11.4 Å². The average Bonchev–Trinajstić information content (AvgIpc) is 2.54. The van der Waals surface area contributed by atoms with E-state index in [1.54, 1.807) is 19.2 Å². The molecule has 122 valence electrons. The second-order valence-corrected chi connectivity index (χ2v) is 5.16. The molecule has 0 aliphatic heterocycles. The van der Waals surface area contributed by atoms with Crippen LogP contribution < -0.4 is 10.9 Å². The highest BCUT2D eigenvalue weighted by atomic mass is 16.5. The number of hydrogen-bond acceptors (Lipinski definition) is 4. The highest BCUT2D eigenvalue weighted by Crippen LogP contribution is 2.19. The monoisotopic (exact) mass is 315 g/mol. The molecule has 0 unspecified atom stereocenters. The molecule has 1 amide bonds. The van der Waals surface area contributed by atoms with Crippen LogP contribution in [0.4, 0.5) is 5.69 Å². The van der Waals surface area contributed by atoms with Gasteiger partial charge in [0, 0.05) is 43.1 Å². The number of carbonyl (C=O) groups is 1. The first-order valence-corrected chi connectivity index (χ1v) is 7.62. The number of carbonyl (C=O) groups excluding carboxylic acids is 1. The number of amides is 1. The van der Waals surface area contributed by atoms with E-state index in [9.17, 15) is 9.59 Å². The fourth-order valence-electron chi connectivity index (χ4n) is 2.17. The van der Waals surface area contributed by atoms with Crippen LogP contribution in [0.1, 0.15) is 25.5 Å². The minimum Gasteiger partial charge on any atom is -0.385 e. The molecule has 0 fully saturated rings. The lowest BCUT2D eigenvalue weighted by molar-refractivity contribution is -0.116. The van der Waals surface area contributed by atoms with Crippen molar-refractivity contribution < 1.29 is 9.53 Å². The van der Waals surface area contributed by atoms with Crippen molar-refractivity contribution in [1.82, 2.24) is 9.97 Å². The lowest BCUT2D eigenvalue weighted by Gasteiger charge is -2.08. The van der Waals surface area contributed by atoms with Gasteiger partial charge in [-0.25, -0.2) is 4.98 Å². The number of aromatic nitrogens is 2. The van der Waals surface area contributed by atoms with E-state index < -0.39 is 0 Å². The Morgan fingerprint density at radius 1 is 1.35 bits per heavy atom. The molecule has 1 heterocycles. The lowest BCUT2D eigenvalue weighted by atomic mass is 10.1. The van der Waals surface area contributed by atoms with Gasteiger partial charge in [0.2, 0.25) is 5.91 Å². The number of H-pyrrole nitrogens is 1. The number of methoxy groups -OCH3 is 1. The Hall–Kier alpha value is -2.47. The summed E-state index contributed by atoms with van der Waals surface area (Å²) in [5.41, 5.74) is 1.99. The number of nitrogens with one attached hydrogen (secondary N) is 2. The third-order valence-electron chi connectivity index (χ3n) is 3.33. The first-order chi connectivity index (χ1) is 11.1. The van der Waals surface area contributed by atoms with Gasteiger partial charge in [0.25, 0.3) is 5.56 Å². The van der Waals surface area contributed by atoms with Gasteiger partial charge in [-0.05, 0) is 25.0 Å². The first-order valence-electron chi connectivity index (χ1n) is 7.62. The minimum absolute atomic E-state index is 0.0667. The van der Waals surface area contributed by atoms with E-state index in [2.05, 4.69) is 15.3 Å².